The second-order valence-corrected chi connectivity index (χ2v) is 6.65. The maximum absolute atomic E-state index is 5.89. The fourth-order valence-electron chi connectivity index (χ4n) is 2.57. The Morgan fingerprint density at radius 3 is 2.83 bits per heavy atom. The van der Waals surface area contributed by atoms with Crippen LogP contribution in [0, 0.1) is 0 Å². The van der Waals surface area contributed by atoms with Gasteiger partial charge in [0.15, 0.2) is 5.96 Å². The third-order valence-electron chi connectivity index (χ3n) is 3.86. The van der Waals surface area contributed by atoms with Crippen molar-refractivity contribution in [3.63, 3.8) is 0 Å². The van der Waals surface area contributed by atoms with Crippen LogP contribution in [0.5, 0.6) is 0 Å². The molecule has 0 aromatic heterocycles. The number of benzene rings is 1. The van der Waals surface area contributed by atoms with E-state index in [1.54, 1.807) is 0 Å². The van der Waals surface area contributed by atoms with E-state index in [0.717, 1.165) is 69.7 Å². The van der Waals surface area contributed by atoms with Gasteiger partial charge in [-0.1, -0.05) is 28.1 Å². The number of nitrogens with zero attached hydrogens (tertiary/aromatic N) is 2. The van der Waals surface area contributed by atoms with Crippen LogP contribution in [-0.4, -0.2) is 56.8 Å². The van der Waals surface area contributed by atoms with E-state index < -0.39 is 0 Å². The first-order valence-corrected chi connectivity index (χ1v) is 9.11. The van der Waals surface area contributed by atoms with E-state index in [1.807, 2.05) is 6.07 Å². The topological polar surface area (TPSA) is 62.9 Å². The van der Waals surface area contributed by atoms with Crippen LogP contribution in [0.25, 0.3) is 0 Å². The average molecular weight is 511 g/mol. The second-order valence-electron chi connectivity index (χ2n) is 5.73. The molecule has 136 valence electrons. The molecule has 7 heteroatoms. The van der Waals surface area contributed by atoms with Gasteiger partial charge in [-0.05, 0) is 43.5 Å². The quantitative estimate of drug-likeness (QED) is 0.244. The Balaban J connectivity index is 0.00000288. The van der Waals surface area contributed by atoms with Crippen molar-refractivity contribution >= 4 is 45.9 Å². The van der Waals surface area contributed by atoms with Crippen molar-refractivity contribution in [3.05, 3.63) is 34.3 Å². The van der Waals surface area contributed by atoms with Crippen molar-refractivity contribution in [3.8, 4) is 0 Å². The number of ether oxygens (including phenoxy) is 1. The third-order valence-corrected chi connectivity index (χ3v) is 4.35. The number of nitrogens with two attached hydrogens (primary N) is 1. The van der Waals surface area contributed by atoms with Crippen LogP contribution in [0.4, 0.5) is 0 Å². The predicted molar refractivity (Wildman–Crippen MR) is 114 cm³/mol. The summed E-state index contributed by atoms with van der Waals surface area (Å²) in [6.07, 6.45) is 3.11. The minimum atomic E-state index is 0. The van der Waals surface area contributed by atoms with Gasteiger partial charge in [0, 0.05) is 30.7 Å². The van der Waals surface area contributed by atoms with Crippen molar-refractivity contribution in [2.75, 3.05) is 45.9 Å². The van der Waals surface area contributed by atoms with Gasteiger partial charge >= 0.3 is 0 Å². The van der Waals surface area contributed by atoms with Crippen LogP contribution in [-0.2, 0) is 11.2 Å². The molecule has 0 saturated carbocycles. The molecule has 1 heterocycles. The molecule has 0 bridgehead atoms. The summed E-state index contributed by atoms with van der Waals surface area (Å²) in [6, 6.07) is 8.40. The highest BCUT2D eigenvalue weighted by Gasteiger charge is 2.08. The van der Waals surface area contributed by atoms with Gasteiger partial charge in [-0.3, -0.25) is 9.89 Å². The van der Waals surface area contributed by atoms with E-state index in [9.17, 15) is 0 Å². The summed E-state index contributed by atoms with van der Waals surface area (Å²) >= 11 is 3.49. The lowest BCUT2D eigenvalue weighted by atomic mass is 10.1. The standard InChI is InChI=1S/C17H27BrN4O.HI/c18-16-6-1-4-15(14-16)5-2-7-20-17(19)21-8-3-9-22-10-12-23-13-11-22;/h1,4,6,14H,2-3,5,7-13H2,(H3,19,20,21);1H. The average Bonchev–Trinajstić information content (AvgIpc) is 2.57. The van der Waals surface area contributed by atoms with Crippen LogP contribution in [0.3, 0.4) is 0 Å². The van der Waals surface area contributed by atoms with E-state index in [1.165, 1.54) is 5.56 Å². The van der Waals surface area contributed by atoms with Crippen LogP contribution in [0.2, 0.25) is 0 Å². The lowest BCUT2D eigenvalue weighted by Gasteiger charge is -2.26. The third kappa shape index (κ3) is 9.19. The van der Waals surface area contributed by atoms with Crippen LogP contribution in [0.1, 0.15) is 18.4 Å². The van der Waals surface area contributed by atoms with Crippen molar-refractivity contribution < 1.29 is 4.74 Å². The number of guanidine groups is 1. The number of hydrogen-bond donors (Lipinski definition) is 2. The highest BCUT2D eigenvalue weighted by atomic mass is 127. The molecular weight excluding hydrogens is 483 g/mol. The van der Waals surface area contributed by atoms with Crippen LogP contribution in [0.15, 0.2) is 33.7 Å². The number of rotatable bonds is 8. The Morgan fingerprint density at radius 1 is 1.29 bits per heavy atom. The molecule has 1 saturated heterocycles. The van der Waals surface area contributed by atoms with E-state index in [2.05, 4.69) is 49.3 Å². The Hall–Kier alpha value is -0.380. The van der Waals surface area contributed by atoms with Gasteiger partial charge in [-0.25, -0.2) is 0 Å². The lowest BCUT2D eigenvalue weighted by molar-refractivity contribution is 0.0376. The van der Waals surface area contributed by atoms with Gasteiger partial charge in [0.25, 0.3) is 0 Å². The maximum Gasteiger partial charge on any atom is 0.188 e. The fraction of sp³-hybridized carbons (Fsp3) is 0.588. The van der Waals surface area contributed by atoms with Crippen molar-refractivity contribution in [2.45, 2.75) is 19.3 Å². The normalized spacial score (nSPS) is 15.8. The minimum absolute atomic E-state index is 0. The first kappa shape index (κ1) is 21.7. The first-order valence-electron chi connectivity index (χ1n) is 8.32. The minimum Gasteiger partial charge on any atom is -0.379 e. The monoisotopic (exact) mass is 510 g/mol. The molecule has 2 rings (SSSR count). The first-order chi connectivity index (χ1) is 11.2. The van der Waals surface area contributed by atoms with Crippen LogP contribution >= 0.6 is 39.9 Å². The highest BCUT2D eigenvalue weighted by molar-refractivity contribution is 14.0. The Bertz CT molecular complexity index is 495. The molecule has 0 spiro atoms. The number of nitrogens with one attached hydrogen (secondary N) is 1. The number of morpholine rings is 1. The van der Waals surface area contributed by atoms with E-state index in [0.29, 0.717) is 5.96 Å². The summed E-state index contributed by atoms with van der Waals surface area (Å²) in [5.74, 6) is 0.557. The zero-order valence-electron chi connectivity index (χ0n) is 14.0. The Labute approximate surface area is 170 Å². The second kappa shape index (κ2) is 12.9. The zero-order valence-corrected chi connectivity index (χ0v) is 18.0. The largest absolute Gasteiger partial charge is 0.379 e. The van der Waals surface area contributed by atoms with Crippen LogP contribution < -0.4 is 11.1 Å². The molecule has 3 N–H and O–H groups in total. The molecule has 0 aliphatic carbocycles. The molecule has 1 aliphatic heterocycles. The summed E-state index contributed by atoms with van der Waals surface area (Å²) in [5.41, 5.74) is 7.22. The maximum atomic E-state index is 5.89. The molecule has 1 fully saturated rings. The van der Waals surface area contributed by atoms with Crippen molar-refractivity contribution in [1.82, 2.24) is 10.2 Å². The summed E-state index contributed by atoms with van der Waals surface area (Å²) < 4.78 is 6.46. The molecule has 1 aliphatic rings. The van der Waals surface area contributed by atoms with Crippen molar-refractivity contribution in [1.29, 1.82) is 0 Å². The molecule has 0 radical (unpaired) electrons. The van der Waals surface area contributed by atoms with E-state index in [4.69, 9.17) is 10.5 Å². The van der Waals surface area contributed by atoms with Crippen molar-refractivity contribution in [2.24, 2.45) is 10.7 Å². The summed E-state index contributed by atoms with van der Waals surface area (Å²) in [4.78, 5) is 6.81. The van der Waals surface area contributed by atoms with Gasteiger partial charge < -0.3 is 15.8 Å². The predicted octanol–water partition coefficient (Wildman–Crippen LogP) is 2.63. The molecule has 0 amide bonds. The molecule has 24 heavy (non-hydrogen) atoms. The van der Waals surface area contributed by atoms with E-state index >= 15 is 0 Å². The molecular formula is C17H28BrIN4O. The zero-order chi connectivity index (χ0) is 16.3. The Morgan fingerprint density at radius 2 is 2.08 bits per heavy atom. The number of aryl methyl sites for hydroxylation is 1. The van der Waals surface area contributed by atoms with E-state index in [-0.39, 0.29) is 24.0 Å². The summed E-state index contributed by atoms with van der Waals surface area (Å²) in [7, 11) is 0. The summed E-state index contributed by atoms with van der Waals surface area (Å²) in [5, 5.41) is 3.19. The molecule has 0 atom stereocenters. The van der Waals surface area contributed by atoms with Gasteiger partial charge in [-0.15, -0.1) is 24.0 Å². The number of aliphatic imine (C=N–C) groups is 1. The van der Waals surface area contributed by atoms with Gasteiger partial charge in [-0.2, -0.15) is 0 Å². The smallest absolute Gasteiger partial charge is 0.188 e. The molecule has 1 aromatic carbocycles. The SMILES string of the molecule is I.NC(=NCCCc1cccc(Br)c1)NCCCN1CCOCC1. The highest BCUT2D eigenvalue weighted by Crippen LogP contribution is 2.12. The molecule has 0 unspecified atom stereocenters. The van der Waals surface area contributed by atoms with Gasteiger partial charge in [0.05, 0.1) is 13.2 Å². The molecule has 1 aromatic rings. The van der Waals surface area contributed by atoms with Gasteiger partial charge in [0.1, 0.15) is 0 Å². The lowest BCUT2D eigenvalue weighted by Crippen LogP contribution is -2.39. The number of halogens is 2. The Kier molecular flexibility index (Phi) is 11.7. The fourth-order valence-corrected chi connectivity index (χ4v) is 3.02. The number of hydrogen-bond acceptors (Lipinski definition) is 3. The molecule has 5 nitrogen and oxygen atoms in total. The van der Waals surface area contributed by atoms with Gasteiger partial charge in [0.2, 0.25) is 0 Å². The summed E-state index contributed by atoms with van der Waals surface area (Å²) in [6.45, 7) is 6.52.